The average molecular weight is 184 g/mol. The van der Waals surface area contributed by atoms with Gasteiger partial charge in [0, 0.05) is 0 Å². The predicted molar refractivity (Wildman–Crippen MR) is 26.0 cm³/mol. The molecule has 1 rings (SSSR count). The van der Waals surface area contributed by atoms with Gasteiger partial charge in [-0.25, -0.2) is 0 Å². The smallest absolute Gasteiger partial charge is 0.484 e. The molecule has 1 aromatic rings. The predicted octanol–water partition coefficient (Wildman–Crippen LogP) is 1.26. The second kappa shape index (κ2) is 5.90. The van der Waals surface area contributed by atoms with Crippen LogP contribution in [0.3, 0.4) is 0 Å². The number of aromatic nitrogens is 1. The third kappa shape index (κ3) is 3.74. The Morgan fingerprint density at radius 2 is 2.14 bits per heavy atom. The summed E-state index contributed by atoms with van der Waals surface area (Å²) >= 11 is 0. The number of aromatic amines is 1. The van der Waals surface area contributed by atoms with Gasteiger partial charge in [-0.05, 0) is 0 Å². The Hall–Kier alpha value is -0.0966. The summed E-state index contributed by atoms with van der Waals surface area (Å²) in [6.45, 7) is 0. The SMILES string of the molecule is [CH3-].[Rh+2].[c-]1ccc[nH]1. The molecule has 0 atom stereocenters. The van der Waals surface area contributed by atoms with Gasteiger partial charge < -0.3 is 12.4 Å². The Bertz CT molecular complexity index is 64.6. The van der Waals surface area contributed by atoms with E-state index in [2.05, 4.69) is 11.2 Å². The fourth-order valence-corrected chi connectivity index (χ4v) is 0.241. The Labute approximate surface area is 56.9 Å². The van der Waals surface area contributed by atoms with Crippen molar-refractivity contribution in [3.63, 3.8) is 0 Å². The van der Waals surface area contributed by atoms with Crippen molar-refractivity contribution in [3.05, 3.63) is 32.0 Å². The van der Waals surface area contributed by atoms with E-state index in [0.29, 0.717) is 0 Å². The fourth-order valence-electron chi connectivity index (χ4n) is 0.241. The summed E-state index contributed by atoms with van der Waals surface area (Å²) in [5.41, 5.74) is 0. The molecule has 0 aliphatic carbocycles. The van der Waals surface area contributed by atoms with Crippen molar-refractivity contribution in [3.8, 4) is 0 Å². The first-order valence-electron chi connectivity index (χ1n) is 1.49. The maximum absolute atomic E-state index is 2.74. The quantitative estimate of drug-likeness (QED) is 0.461. The van der Waals surface area contributed by atoms with E-state index in [4.69, 9.17) is 0 Å². The van der Waals surface area contributed by atoms with Gasteiger partial charge >= 0.3 is 19.5 Å². The van der Waals surface area contributed by atoms with Crippen LogP contribution in [0.4, 0.5) is 0 Å². The van der Waals surface area contributed by atoms with Crippen LogP contribution in [0.15, 0.2) is 18.3 Å². The molecule has 0 aliphatic heterocycles. The second-order valence-corrected chi connectivity index (χ2v) is 0.814. The second-order valence-electron chi connectivity index (χ2n) is 0.814. The minimum atomic E-state index is 0. The van der Waals surface area contributed by atoms with Crippen molar-refractivity contribution in [2.45, 2.75) is 0 Å². The first-order chi connectivity index (χ1) is 2.50. The molecule has 0 bridgehead atoms. The van der Waals surface area contributed by atoms with Gasteiger partial charge in [0.05, 0.1) is 0 Å². The van der Waals surface area contributed by atoms with Crippen LogP contribution < -0.4 is 0 Å². The maximum atomic E-state index is 2.74. The van der Waals surface area contributed by atoms with Crippen molar-refractivity contribution in [1.29, 1.82) is 0 Å². The summed E-state index contributed by atoms with van der Waals surface area (Å²) < 4.78 is 0. The van der Waals surface area contributed by atoms with Gasteiger partial charge in [-0.2, -0.15) is 18.3 Å². The van der Waals surface area contributed by atoms with E-state index in [1.807, 2.05) is 18.3 Å². The van der Waals surface area contributed by atoms with Gasteiger partial charge in [0.15, 0.2) is 0 Å². The van der Waals surface area contributed by atoms with Gasteiger partial charge in [-0.3, -0.25) is 0 Å². The van der Waals surface area contributed by atoms with Crippen molar-refractivity contribution < 1.29 is 19.5 Å². The van der Waals surface area contributed by atoms with Crippen LogP contribution >= 0.6 is 0 Å². The maximum Gasteiger partial charge on any atom is 2.00 e. The van der Waals surface area contributed by atoms with Gasteiger partial charge in [-0.1, -0.05) is 0 Å². The third-order valence-corrected chi connectivity index (χ3v) is 0.442. The van der Waals surface area contributed by atoms with Crippen LogP contribution in [-0.4, -0.2) is 4.98 Å². The number of hydrogen-bond acceptors (Lipinski definition) is 0. The normalized spacial score (nSPS) is 5.71. The molecule has 1 N–H and O–H groups in total. The first-order valence-corrected chi connectivity index (χ1v) is 1.49. The van der Waals surface area contributed by atoms with Gasteiger partial charge in [-0.15, -0.1) is 6.20 Å². The molecule has 0 fully saturated rings. The van der Waals surface area contributed by atoms with Crippen molar-refractivity contribution in [2.75, 3.05) is 0 Å². The van der Waals surface area contributed by atoms with Crippen LogP contribution in [-0.2, 0) is 19.5 Å². The Kier molecular flexibility index (Phi) is 8.44. The molecule has 0 saturated heterocycles. The largest absolute Gasteiger partial charge is 2.00 e. The van der Waals surface area contributed by atoms with Crippen molar-refractivity contribution in [2.24, 2.45) is 0 Å². The molecule has 0 aromatic carbocycles. The number of nitrogens with one attached hydrogen (secondary N) is 1. The summed E-state index contributed by atoms with van der Waals surface area (Å²) in [5, 5.41) is 0. The van der Waals surface area contributed by atoms with Gasteiger partial charge in [0.1, 0.15) is 0 Å². The molecule has 0 amide bonds. The molecular formula is C5H7NRh. The van der Waals surface area contributed by atoms with E-state index in [1.165, 1.54) is 0 Å². The summed E-state index contributed by atoms with van der Waals surface area (Å²) in [6.07, 6.45) is 4.56. The molecule has 0 spiro atoms. The van der Waals surface area contributed by atoms with Crippen LogP contribution in [0.1, 0.15) is 0 Å². The monoisotopic (exact) mass is 184 g/mol. The molecule has 2 heteroatoms. The zero-order valence-electron chi connectivity index (χ0n) is 4.07. The minimum absolute atomic E-state index is 0. The summed E-state index contributed by atoms with van der Waals surface area (Å²) in [5.74, 6) is 0. The third-order valence-electron chi connectivity index (χ3n) is 0.442. The zero-order chi connectivity index (χ0) is 3.54. The first kappa shape index (κ1) is 10.0. The van der Waals surface area contributed by atoms with E-state index < -0.39 is 0 Å². The van der Waals surface area contributed by atoms with Gasteiger partial charge in [0.2, 0.25) is 0 Å². The molecular weight excluding hydrogens is 177 g/mol. The van der Waals surface area contributed by atoms with E-state index in [-0.39, 0.29) is 26.9 Å². The van der Waals surface area contributed by atoms with E-state index in [0.717, 1.165) is 0 Å². The molecule has 41 valence electrons. The molecule has 7 heavy (non-hydrogen) atoms. The molecule has 0 unspecified atom stereocenters. The van der Waals surface area contributed by atoms with Crippen LogP contribution in [0.25, 0.3) is 0 Å². The van der Waals surface area contributed by atoms with Crippen LogP contribution in [0, 0.1) is 13.6 Å². The standard InChI is InChI=1S/C4H4N.CH3.Rh/c1-2-4-5-3-1;;/h1-3,5H;1H3;/q2*-1;+2. The zero-order valence-corrected chi connectivity index (χ0v) is 5.70. The van der Waals surface area contributed by atoms with Crippen LogP contribution in [0.5, 0.6) is 0 Å². The average Bonchev–Trinajstić information content (AvgIpc) is 1.76. The Morgan fingerprint density at radius 1 is 1.43 bits per heavy atom. The van der Waals surface area contributed by atoms with E-state index in [1.54, 1.807) is 0 Å². The van der Waals surface area contributed by atoms with E-state index in [9.17, 15) is 0 Å². The topological polar surface area (TPSA) is 15.8 Å². The van der Waals surface area contributed by atoms with Gasteiger partial charge in [0.25, 0.3) is 0 Å². The summed E-state index contributed by atoms with van der Waals surface area (Å²) in [7, 11) is 0. The number of H-pyrrole nitrogens is 1. The molecule has 0 saturated carbocycles. The van der Waals surface area contributed by atoms with E-state index >= 15 is 0 Å². The molecule has 1 aromatic heterocycles. The summed E-state index contributed by atoms with van der Waals surface area (Å²) in [4.78, 5) is 2.74. The summed E-state index contributed by atoms with van der Waals surface area (Å²) in [6, 6.07) is 3.71. The Morgan fingerprint density at radius 3 is 2.29 bits per heavy atom. The molecule has 1 nitrogen and oxygen atoms in total. The molecule has 1 radical (unpaired) electrons. The van der Waals surface area contributed by atoms with Crippen molar-refractivity contribution in [1.82, 2.24) is 4.98 Å². The fraction of sp³-hybridized carbons (Fsp3) is 0. The Balaban J connectivity index is 0. The van der Waals surface area contributed by atoms with Crippen LogP contribution in [0.2, 0.25) is 0 Å². The number of rotatable bonds is 0. The van der Waals surface area contributed by atoms with Crippen molar-refractivity contribution >= 4 is 0 Å². The molecule has 1 heterocycles. The molecule has 0 aliphatic rings. The minimum Gasteiger partial charge on any atom is -0.484 e. The number of hydrogen-bond donors (Lipinski definition) is 1.